The number of benzene rings is 1. The lowest BCUT2D eigenvalue weighted by Crippen LogP contribution is -2.42. The van der Waals surface area contributed by atoms with E-state index in [1.54, 1.807) is 6.07 Å². The van der Waals surface area contributed by atoms with Gasteiger partial charge in [0, 0.05) is 50.3 Å². The molecule has 3 heterocycles. The van der Waals surface area contributed by atoms with Crippen LogP contribution in [0.25, 0.3) is 0 Å². The summed E-state index contributed by atoms with van der Waals surface area (Å²) in [4.78, 5) is 17.4. The number of carbonyl (C=O) groups is 1. The number of nitrogens with zero attached hydrogens (tertiary/aromatic N) is 4. The first-order valence-corrected chi connectivity index (χ1v) is 15.3. The Morgan fingerprint density at radius 1 is 1.13 bits per heavy atom. The smallest absolute Gasteiger partial charge is 0.310 e. The summed E-state index contributed by atoms with van der Waals surface area (Å²) in [5.74, 6) is 1.61. The predicted molar refractivity (Wildman–Crippen MR) is 150 cm³/mol. The van der Waals surface area contributed by atoms with E-state index >= 15 is 0 Å². The van der Waals surface area contributed by atoms with E-state index in [1.165, 1.54) is 29.4 Å². The molecule has 0 amide bonds. The normalized spacial score (nSPS) is 31.6. The molecule has 7 heteroatoms. The molecule has 0 spiro atoms. The fourth-order valence-corrected chi connectivity index (χ4v) is 8.52. The fourth-order valence-electron chi connectivity index (χ4n) is 8.52. The van der Waals surface area contributed by atoms with E-state index in [-0.39, 0.29) is 11.7 Å². The summed E-state index contributed by atoms with van der Waals surface area (Å²) in [5.41, 5.74) is 4.52. The molecule has 0 bridgehead atoms. The van der Waals surface area contributed by atoms with Gasteiger partial charge in [0.05, 0.1) is 11.1 Å². The minimum Gasteiger partial charge on any atom is -0.481 e. The third-order valence-corrected chi connectivity index (χ3v) is 10.6. The molecule has 2 saturated heterocycles. The van der Waals surface area contributed by atoms with Gasteiger partial charge in [0.1, 0.15) is 5.82 Å². The average molecular weight is 537 g/mol. The number of halogens is 1. The standard InChI is InChI=1S/C32H45FN4O2/c1-4-29-21(3)30(37(5-2)34-29)22-9-11-35(12-10-22)17-26-18-36(19-28(26)23-7-6-8-27(33)14-23)20-32(31(38)39)15-24-13-25(24)16-32/h6-8,14,22,24-26,28H,4-5,9-13,15-20H2,1-3H3,(H,38,39). The van der Waals surface area contributed by atoms with Crippen LogP contribution in [-0.2, 0) is 17.8 Å². The number of hydrogen-bond donors (Lipinski definition) is 1. The van der Waals surface area contributed by atoms with Gasteiger partial charge in [0.15, 0.2) is 0 Å². The van der Waals surface area contributed by atoms with Gasteiger partial charge in [-0.25, -0.2) is 4.39 Å². The summed E-state index contributed by atoms with van der Waals surface area (Å²) in [5, 5.41) is 15.1. The molecule has 4 atom stereocenters. The van der Waals surface area contributed by atoms with Gasteiger partial charge in [-0.1, -0.05) is 19.1 Å². The van der Waals surface area contributed by atoms with Crippen LogP contribution in [0.3, 0.4) is 0 Å². The Bertz CT molecular complexity index is 1190. The first-order valence-electron chi connectivity index (χ1n) is 15.3. The lowest BCUT2D eigenvalue weighted by atomic mass is 9.82. The fraction of sp³-hybridized carbons (Fsp3) is 0.688. The van der Waals surface area contributed by atoms with Crippen molar-refractivity contribution in [3.63, 3.8) is 0 Å². The lowest BCUT2D eigenvalue weighted by Gasteiger charge is -2.35. The van der Waals surface area contributed by atoms with Crippen LogP contribution in [0.1, 0.15) is 80.3 Å². The number of rotatable bonds is 9. The van der Waals surface area contributed by atoms with E-state index in [0.29, 0.717) is 30.2 Å². The number of aromatic nitrogens is 2. The van der Waals surface area contributed by atoms with Crippen molar-refractivity contribution in [1.29, 1.82) is 0 Å². The summed E-state index contributed by atoms with van der Waals surface area (Å²) in [6, 6.07) is 7.11. The van der Waals surface area contributed by atoms with Crippen molar-refractivity contribution < 1.29 is 14.3 Å². The van der Waals surface area contributed by atoms with Gasteiger partial charge in [0.25, 0.3) is 0 Å². The van der Waals surface area contributed by atoms with Crippen molar-refractivity contribution in [2.75, 3.05) is 39.3 Å². The van der Waals surface area contributed by atoms with Crippen LogP contribution in [0, 0.1) is 35.9 Å². The van der Waals surface area contributed by atoms with Crippen molar-refractivity contribution in [3.8, 4) is 0 Å². The summed E-state index contributed by atoms with van der Waals surface area (Å²) >= 11 is 0. The Kier molecular flexibility index (Phi) is 7.34. The second-order valence-electron chi connectivity index (χ2n) is 13.1. The highest BCUT2D eigenvalue weighted by atomic mass is 19.1. The lowest BCUT2D eigenvalue weighted by molar-refractivity contribution is -0.150. The van der Waals surface area contributed by atoms with Crippen molar-refractivity contribution in [1.82, 2.24) is 19.6 Å². The molecule has 39 heavy (non-hydrogen) atoms. The molecule has 4 fully saturated rings. The maximum atomic E-state index is 14.3. The molecule has 1 aromatic carbocycles. The van der Waals surface area contributed by atoms with Gasteiger partial charge in [-0.3, -0.25) is 9.48 Å². The molecule has 2 saturated carbocycles. The molecule has 4 unspecified atom stereocenters. The second kappa shape index (κ2) is 10.6. The Balaban J connectivity index is 1.15. The highest BCUT2D eigenvalue weighted by molar-refractivity contribution is 5.76. The molecule has 6 nitrogen and oxygen atoms in total. The molecule has 212 valence electrons. The van der Waals surface area contributed by atoms with Crippen molar-refractivity contribution in [3.05, 3.63) is 52.6 Å². The number of aryl methyl sites for hydroxylation is 2. The highest BCUT2D eigenvalue weighted by Gasteiger charge is 2.58. The number of hydrogen-bond acceptors (Lipinski definition) is 4. The quantitative estimate of drug-likeness (QED) is 0.471. The summed E-state index contributed by atoms with van der Waals surface area (Å²) in [6.45, 7) is 13.0. The number of carboxylic acid groups (broad SMARTS) is 1. The number of aliphatic carboxylic acids is 1. The minimum atomic E-state index is -0.615. The third kappa shape index (κ3) is 5.17. The van der Waals surface area contributed by atoms with Crippen LogP contribution < -0.4 is 0 Å². The maximum Gasteiger partial charge on any atom is 0.310 e. The van der Waals surface area contributed by atoms with Gasteiger partial charge in [-0.15, -0.1) is 0 Å². The SMILES string of the molecule is CCc1nn(CC)c(C2CCN(CC3CN(CC4(C(=O)O)CC5CC5C4)CC3c3cccc(F)c3)CC2)c1C. The second-order valence-corrected chi connectivity index (χ2v) is 13.1. The van der Waals surface area contributed by atoms with Gasteiger partial charge in [-0.05, 0) is 106 Å². The van der Waals surface area contributed by atoms with E-state index in [4.69, 9.17) is 5.10 Å². The maximum absolute atomic E-state index is 14.3. The van der Waals surface area contributed by atoms with Crippen LogP contribution >= 0.6 is 0 Å². The van der Waals surface area contributed by atoms with Crippen LogP contribution in [0.4, 0.5) is 4.39 Å². The Hall–Kier alpha value is -2.25. The predicted octanol–water partition coefficient (Wildman–Crippen LogP) is 5.31. The van der Waals surface area contributed by atoms with E-state index in [0.717, 1.165) is 76.9 Å². The van der Waals surface area contributed by atoms with Crippen LogP contribution in [-0.4, -0.2) is 69.9 Å². The molecule has 2 aliphatic heterocycles. The minimum absolute atomic E-state index is 0.183. The number of fused-ring (bicyclic) bond motifs is 1. The Labute approximate surface area is 232 Å². The topological polar surface area (TPSA) is 61.6 Å². The average Bonchev–Trinajstić information content (AvgIpc) is 3.22. The van der Waals surface area contributed by atoms with E-state index in [2.05, 4.69) is 41.3 Å². The van der Waals surface area contributed by atoms with Gasteiger partial charge in [-0.2, -0.15) is 5.10 Å². The van der Waals surface area contributed by atoms with E-state index < -0.39 is 11.4 Å². The number of carboxylic acids is 1. The molecule has 4 aliphatic rings. The molecular formula is C32H45FN4O2. The van der Waals surface area contributed by atoms with Gasteiger partial charge >= 0.3 is 5.97 Å². The number of piperidine rings is 1. The summed E-state index contributed by atoms with van der Waals surface area (Å²) < 4.78 is 16.5. The first kappa shape index (κ1) is 26.9. The third-order valence-electron chi connectivity index (χ3n) is 10.6. The zero-order valence-electron chi connectivity index (χ0n) is 23.9. The van der Waals surface area contributed by atoms with Crippen molar-refractivity contribution >= 4 is 5.97 Å². The van der Waals surface area contributed by atoms with E-state index in [1.807, 2.05) is 6.07 Å². The Morgan fingerprint density at radius 2 is 1.87 bits per heavy atom. The molecule has 1 N–H and O–H groups in total. The molecule has 2 aliphatic carbocycles. The molecule has 2 aromatic rings. The van der Waals surface area contributed by atoms with Crippen LogP contribution in [0.2, 0.25) is 0 Å². The monoisotopic (exact) mass is 536 g/mol. The highest BCUT2D eigenvalue weighted by Crippen LogP contribution is 2.60. The van der Waals surface area contributed by atoms with Crippen LogP contribution in [0.15, 0.2) is 24.3 Å². The van der Waals surface area contributed by atoms with Gasteiger partial charge in [0.2, 0.25) is 0 Å². The largest absolute Gasteiger partial charge is 0.481 e. The number of likely N-dealkylation sites (tertiary alicyclic amines) is 2. The van der Waals surface area contributed by atoms with Gasteiger partial charge < -0.3 is 14.9 Å². The zero-order chi connectivity index (χ0) is 27.3. The van der Waals surface area contributed by atoms with Crippen LogP contribution in [0.5, 0.6) is 0 Å². The molecule has 6 rings (SSSR count). The van der Waals surface area contributed by atoms with E-state index in [9.17, 15) is 14.3 Å². The molecular weight excluding hydrogens is 491 g/mol. The summed E-state index contributed by atoms with van der Waals surface area (Å²) in [6.07, 6.45) is 6.15. The molecule has 0 radical (unpaired) electrons. The Morgan fingerprint density at radius 3 is 2.51 bits per heavy atom. The zero-order valence-corrected chi connectivity index (χ0v) is 23.9. The first-order chi connectivity index (χ1) is 18.8. The van der Waals surface area contributed by atoms with Crippen molar-refractivity contribution in [2.24, 2.45) is 23.2 Å². The summed E-state index contributed by atoms with van der Waals surface area (Å²) in [7, 11) is 0. The molecule has 1 aromatic heterocycles. The van der Waals surface area contributed by atoms with Crippen molar-refractivity contribution in [2.45, 2.75) is 77.7 Å².